The summed E-state index contributed by atoms with van der Waals surface area (Å²) in [6.07, 6.45) is 3.34. The van der Waals surface area contributed by atoms with Gasteiger partial charge in [0.05, 0.1) is 15.2 Å². The summed E-state index contributed by atoms with van der Waals surface area (Å²) in [4.78, 5) is 26.9. The quantitative estimate of drug-likeness (QED) is 0.824. The highest BCUT2D eigenvalue weighted by Crippen LogP contribution is 2.40. The first kappa shape index (κ1) is 14.9. The lowest BCUT2D eigenvalue weighted by Gasteiger charge is -2.43. The molecule has 1 aromatic rings. The fraction of sp³-hybridized carbons (Fsp3) is 0.467. The van der Waals surface area contributed by atoms with E-state index >= 15 is 0 Å². The average Bonchev–Trinajstić information content (AvgIpc) is 2.91. The Hall–Kier alpha value is -1.07. The Labute approximate surface area is 137 Å². The van der Waals surface area contributed by atoms with Gasteiger partial charge in [-0.25, -0.2) is 0 Å². The molecule has 1 atom stereocenters. The van der Waals surface area contributed by atoms with Gasteiger partial charge in [0.1, 0.15) is 11.6 Å². The predicted octanol–water partition coefficient (Wildman–Crippen LogP) is 3.27. The van der Waals surface area contributed by atoms with Crippen LogP contribution in [-0.4, -0.2) is 23.4 Å². The summed E-state index contributed by atoms with van der Waals surface area (Å²) < 4.78 is 0.648. The molecule has 2 amide bonds. The highest BCUT2D eigenvalue weighted by atomic mass is 79.9. The van der Waals surface area contributed by atoms with Crippen molar-refractivity contribution in [3.05, 3.63) is 27.7 Å². The number of hydrogen-bond acceptors (Lipinski definition) is 2. The van der Waals surface area contributed by atoms with E-state index in [9.17, 15) is 9.59 Å². The van der Waals surface area contributed by atoms with E-state index < -0.39 is 11.6 Å². The lowest BCUT2D eigenvalue weighted by atomic mass is 9.90. The zero-order valence-electron chi connectivity index (χ0n) is 11.7. The maximum absolute atomic E-state index is 13.0. The number of carbonyl (C=O) groups excluding carboxylic acids is 2. The molecule has 1 heterocycles. The second-order valence-corrected chi connectivity index (χ2v) is 6.90. The molecule has 1 aliphatic carbocycles. The zero-order chi connectivity index (χ0) is 15.2. The predicted molar refractivity (Wildman–Crippen MR) is 85.4 cm³/mol. The Morgan fingerprint density at radius 2 is 2.00 bits per heavy atom. The van der Waals surface area contributed by atoms with Crippen molar-refractivity contribution in [2.45, 2.75) is 44.2 Å². The first-order valence-electron chi connectivity index (χ1n) is 7.06. The van der Waals surface area contributed by atoms with Crippen LogP contribution in [0.15, 0.2) is 22.7 Å². The summed E-state index contributed by atoms with van der Waals surface area (Å²) in [6, 6.07) is 4.81. The highest BCUT2D eigenvalue weighted by molar-refractivity contribution is 9.10. The molecule has 2 aliphatic rings. The second-order valence-electron chi connectivity index (χ2n) is 5.70. The van der Waals surface area contributed by atoms with Gasteiger partial charge in [-0.2, -0.15) is 0 Å². The van der Waals surface area contributed by atoms with Gasteiger partial charge in [-0.15, -0.1) is 0 Å². The van der Waals surface area contributed by atoms with E-state index in [0.29, 0.717) is 28.0 Å². The van der Waals surface area contributed by atoms with Crippen molar-refractivity contribution in [2.75, 3.05) is 4.90 Å². The van der Waals surface area contributed by atoms with Crippen LogP contribution in [0.5, 0.6) is 0 Å². The Morgan fingerprint density at radius 3 is 2.67 bits per heavy atom. The number of anilines is 1. The molecule has 0 aromatic heterocycles. The summed E-state index contributed by atoms with van der Waals surface area (Å²) in [5, 5.41) is 3.47. The molecule has 1 aromatic carbocycles. The third-order valence-electron chi connectivity index (χ3n) is 4.41. The number of benzene rings is 1. The van der Waals surface area contributed by atoms with Crippen LogP contribution in [-0.2, 0) is 9.59 Å². The summed E-state index contributed by atoms with van der Waals surface area (Å²) in [6.45, 7) is 1.74. The number of amides is 2. The van der Waals surface area contributed by atoms with Gasteiger partial charge in [-0.1, -0.05) is 30.5 Å². The van der Waals surface area contributed by atoms with Gasteiger partial charge >= 0.3 is 0 Å². The van der Waals surface area contributed by atoms with E-state index in [1.54, 1.807) is 24.0 Å². The molecule has 6 heteroatoms. The van der Waals surface area contributed by atoms with Crippen molar-refractivity contribution >= 4 is 45.0 Å². The van der Waals surface area contributed by atoms with E-state index in [4.69, 9.17) is 11.6 Å². The molecule has 0 radical (unpaired) electrons. The lowest BCUT2D eigenvalue weighted by molar-refractivity contribution is -0.137. The van der Waals surface area contributed by atoms with Crippen LogP contribution >= 0.6 is 27.5 Å². The molecule has 0 bridgehead atoms. The molecule has 1 saturated heterocycles. The minimum absolute atomic E-state index is 0.0323. The van der Waals surface area contributed by atoms with Crippen molar-refractivity contribution < 1.29 is 9.59 Å². The number of rotatable bonds is 1. The van der Waals surface area contributed by atoms with Crippen LogP contribution in [0.3, 0.4) is 0 Å². The molecule has 3 rings (SSSR count). The number of nitrogens with zero attached hydrogens (tertiary/aromatic N) is 1. The lowest BCUT2D eigenvalue weighted by Crippen LogP contribution is -2.69. The molecule has 2 fully saturated rings. The molecule has 1 saturated carbocycles. The van der Waals surface area contributed by atoms with Gasteiger partial charge < -0.3 is 5.32 Å². The second kappa shape index (κ2) is 5.29. The standard InChI is InChI=1S/C15H16BrClN2O2/c1-9-13(20)18-15(7-2-3-8-15)14(21)19(9)11-6-4-5-10(17)12(11)16/h4-6,9H,2-3,7-8H2,1H3,(H,18,20). The molecule has 1 spiro atoms. The van der Waals surface area contributed by atoms with Crippen molar-refractivity contribution in [3.8, 4) is 0 Å². The van der Waals surface area contributed by atoms with Crippen LogP contribution in [0.2, 0.25) is 5.02 Å². The molecule has 112 valence electrons. The number of carbonyl (C=O) groups is 2. The Morgan fingerprint density at radius 1 is 1.33 bits per heavy atom. The van der Waals surface area contributed by atoms with Crippen molar-refractivity contribution in [3.63, 3.8) is 0 Å². The minimum Gasteiger partial charge on any atom is -0.340 e. The minimum atomic E-state index is -0.731. The summed E-state index contributed by atoms with van der Waals surface area (Å²) in [7, 11) is 0. The Kier molecular flexibility index (Phi) is 3.74. The fourth-order valence-corrected chi connectivity index (χ4v) is 3.86. The van der Waals surface area contributed by atoms with Gasteiger partial charge in [-0.3, -0.25) is 14.5 Å². The zero-order valence-corrected chi connectivity index (χ0v) is 14.0. The van der Waals surface area contributed by atoms with Gasteiger partial charge in [0.15, 0.2) is 0 Å². The molecule has 4 nitrogen and oxygen atoms in total. The third kappa shape index (κ3) is 2.27. The normalized spacial score (nSPS) is 24.5. The molecular formula is C15H16BrClN2O2. The number of nitrogens with one attached hydrogen (secondary N) is 1. The maximum Gasteiger partial charge on any atom is 0.253 e. The monoisotopic (exact) mass is 370 g/mol. The van der Waals surface area contributed by atoms with Crippen LogP contribution in [0, 0.1) is 0 Å². The summed E-state index contributed by atoms with van der Waals surface area (Å²) >= 11 is 9.56. The Balaban J connectivity index is 2.08. The van der Waals surface area contributed by atoms with Crippen LogP contribution in [0.4, 0.5) is 5.69 Å². The smallest absolute Gasteiger partial charge is 0.253 e. The van der Waals surface area contributed by atoms with Crippen molar-refractivity contribution in [1.82, 2.24) is 5.32 Å². The molecular weight excluding hydrogens is 356 g/mol. The van der Waals surface area contributed by atoms with Crippen LogP contribution in [0.25, 0.3) is 0 Å². The van der Waals surface area contributed by atoms with E-state index in [1.807, 2.05) is 6.07 Å². The fourth-order valence-electron chi connectivity index (χ4n) is 3.23. The maximum atomic E-state index is 13.0. The first-order valence-corrected chi connectivity index (χ1v) is 8.23. The topological polar surface area (TPSA) is 49.4 Å². The van der Waals surface area contributed by atoms with Crippen LogP contribution in [0.1, 0.15) is 32.6 Å². The highest BCUT2D eigenvalue weighted by Gasteiger charge is 2.51. The van der Waals surface area contributed by atoms with Gasteiger partial charge in [0.25, 0.3) is 5.91 Å². The molecule has 1 aliphatic heterocycles. The van der Waals surface area contributed by atoms with E-state index in [-0.39, 0.29) is 11.8 Å². The van der Waals surface area contributed by atoms with Gasteiger partial charge in [0.2, 0.25) is 5.91 Å². The van der Waals surface area contributed by atoms with Crippen molar-refractivity contribution in [2.24, 2.45) is 0 Å². The Bertz CT molecular complexity index is 614. The van der Waals surface area contributed by atoms with E-state index in [1.165, 1.54) is 0 Å². The summed E-state index contributed by atoms with van der Waals surface area (Å²) in [5.41, 5.74) is -0.0770. The summed E-state index contributed by atoms with van der Waals surface area (Å²) in [5.74, 6) is -0.140. The van der Waals surface area contributed by atoms with E-state index in [2.05, 4.69) is 21.2 Å². The molecule has 21 heavy (non-hydrogen) atoms. The third-order valence-corrected chi connectivity index (χ3v) is 5.78. The van der Waals surface area contributed by atoms with Gasteiger partial charge in [-0.05, 0) is 47.8 Å². The number of halogens is 2. The van der Waals surface area contributed by atoms with Crippen LogP contribution < -0.4 is 10.2 Å². The average molecular weight is 372 g/mol. The largest absolute Gasteiger partial charge is 0.340 e. The van der Waals surface area contributed by atoms with Gasteiger partial charge in [0, 0.05) is 0 Å². The first-order chi connectivity index (χ1) is 9.96. The van der Waals surface area contributed by atoms with E-state index in [0.717, 1.165) is 12.8 Å². The SMILES string of the molecule is CC1C(=O)NC2(CCCC2)C(=O)N1c1cccc(Cl)c1Br. The van der Waals surface area contributed by atoms with Crippen molar-refractivity contribution in [1.29, 1.82) is 0 Å². The molecule has 1 unspecified atom stereocenters. The number of piperazine rings is 1. The number of hydrogen-bond donors (Lipinski definition) is 1. The molecule has 1 N–H and O–H groups in total.